The maximum absolute atomic E-state index is 9.89. The van der Waals surface area contributed by atoms with Crippen molar-refractivity contribution in [3.63, 3.8) is 0 Å². The molecule has 0 bridgehead atoms. The summed E-state index contributed by atoms with van der Waals surface area (Å²) in [6, 6.07) is 20.3. The summed E-state index contributed by atoms with van der Waals surface area (Å²) in [7, 11) is 0. The Balaban J connectivity index is 1.82. The summed E-state index contributed by atoms with van der Waals surface area (Å²) in [5.41, 5.74) is 11.2. The zero-order valence-electron chi connectivity index (χ0n) is 16.5. The maximum atomic E-state index is 9.89. The van der Waals surface area contributed by atoms with E-state index in [0.29, 0.717) is 16.5 Å². The van der Waals surface area contributed by atoms with Crippen LogP contribution in [0.4, 0.5) is 0 Å². The van der Waals surface area contributed by atoms with Crippen molar-refractivity contribution in [1.29, 1.82) is 5.26 Å². The highest BCUT2D eigenvalue weighted by molar-refractivity contribution is 6.30. The molecular weight excluding hydrogens is 394 g/mol. The average molecular weight is 412 g/mol. The largest absolute Gasteiger partial charge is 0.440 e. The number of pyridine rings is 1. The molecule has 0 aliphatic carbocycles. The van der Waals surface area contributed by atoms with Gasteiger partial charge < -0.3 is 10.5 Å². The van der Waals surface area contributed by atoms with E-state index in [1.807, 2.05) is 55.5 Å². The first kappa shape index (κ1) is 18.5. The van der Waals surface area contributed by atoms with Crippen LogP contribution in [-0.4, -0.2) is 4.98 Å². The van der Waals surface area contributed by atoms with Crippen molar-refractivity contribution in [1.82, 2.24) is 4.98 Å². The fraction of sp³-hybridized carbons (Fsp3) is 0.120. The Hall–Kier alpha value is -3.55. The van der Waals surface area contributed by atoms with E-state index in [1.165, 1.54) is 0 Å². The van der Waals surface area contributed by atoms with Crippen molar-refractivity contribution in [2.75, 3.05) is 0 Å². The summed E-state index contributed by atoms with van der Waals surface area (Å²) in [4.78, 5) is 4.69. The lowest BCUT2D eigenvalue weighted by atomic mass is 9.82. The Bertz CT molecular complexity index is 1430. The zero-order valence-corrected chi connectivity index (χ0v) is 17.3. The number of aromatic nitrogens is 1. The van der Waals surface area contributed by atoms with Crippen LogP contribution >= 0.6 is 11.6 Å². The number of ether oxygens (including phenoxy) is 1. The SMILES string of the molecule is Cc1ccc2cc([C@H]3C(C#N)=C(N)Oc4c3ccc3ccccc43)c(Cl)nc2c1C. The van der Waals surface area contributed by atoms with Gasteiger partial charge in [0.05, 0.1) is 11.4 Å². The van der Waals surface area contributed by atoms with Gasteiger partial charge in [-0.15, -0.1) is 0 Å². The number of nitrogens with zero attached hydrogens (tertiary/aromatic N) is 2. The Morgan fingerprint density at radius 1 is 1.03 bits per heavy atom. The lowest BCUT2D eigenvalue weighted by molar-refractivity contribution is 0.398. The lowest BCUT2D eigenvalue weighted by Gasteiger charge is -2.28. The molecule has 0 amide bonds. The van der Waals surface area contributed by atoms with Gasteiger partial charge in [-0.1, -0.05) is 60.1 Å². The summed E-state index contributed by atoms with van der Waals surface area (Å²) >= 11 is 6.69. The molecule has 0 unspecified atom stereocenters. The van der Waals surface area contributed by atoms with E-state index in [0.717, 1.165) is 43.9 Å². The number of nitrogens with two attached hydrogens (primary N) is 1. The minimum Gasteiger partial charge on any atom is -0.440 e. The molecule has 4 nitrogen and oxygen atoms in total. The van der Waals surface area contributed by atoms with Crippen molar-refractivity contribution >= 4 is 33.3 Å². The highest BCUT2D eigenvalue weighted by atomic mass is 35.5. The van der Waals surface area contributed by atoms with Crippen molar-refractivity contribution in [2.45, 2.75) is 19.8 Å². The molecule has 0 radical (unpaired) electrons. The molecule has 0 saturated carbocycles. The quantitative estimate of drug-likeness (QED) is 0.397. The van der Waals surface area contributed by atoms with Gasteiger partial charge in [-0.2, -0.15) is 5.26 Å². The summed E-state index contributed by atoms with van der Waals surface area (Å²) in [5.74, 6) is 0.308. The number of allylic oxidation sites excluding steroid dienone is 1. The Kier molecular flexibility index (Phi) is 4.16. The second kappa shape index (κ2) is 6.76. The Morgan fingerprint density at radius 2 is 1.80 bits per heavy atom. The minimum absolute atomic E-state index is 0.0996. The van der Waals surface area contributed by atoms with E-state index >= 15 is 0 Å². The monoisotopic (exact) mass is 411 g/mol. The third-order valence-corrected chi connectivity index (χ3v) is 6.21. The number of aryl methyl sites for hydroxylation is 2. The van der Waals surface area contributed by atoms with E-state index in [4.69, 9.17) is 27.1 Å². The minimum atomic E-state index is -0.450. The van der Waals surface area contributed by atoms with E-state index in [1.54, 1.807) is 0 Å². The third-order valence-electron chi connectivity index (χ3n) is 5.91. The highest BCUT2D eigenvalue weighted by Crippen LogP contribution is 2.47. The van der Waals surface area contributed by atoms with Gasteiger partial charge in [0.15, 0.2) is 0 Å². The first-order valence-electron chi connectivity index (χ1n) is 9.65. The number of hydrogen-bond acceptors (Lipinski definition) is 4. The van der Waals surface area contributed by atoms with Crippen LogP contribution < -0.4 is 10.5 Å². The molecular formula is C25H18ClN3O. The van der Waals surface area contributed by atoms with Crippen molar-refractivity contribution < 1.29 is 4.74 Å². The predicted molar refractivity (Wildman–Crippen MR) is 119 cm³/mol. The molecule has 3 aromatic carbocycles. The van der Waals surface area contributed by atoms with Crippen LogP contribution in [0.25, 0.3) is 21.7 Å². The van der Waals surface area contributed by atoms with Crippen molar-refractivity contribution in [3.8, 4) is 11.8 Å². The van der Waals surface area contributed by atoms with Gasteiger partial charge in [0.25, 0.3) is 0 Å². The fourth-order valence-corrected chi connectivity index (χ4v) is 4.43. The first-order valence-corrected chi connectivity index (χ1v) is 10.0. The third kappa shape index (κ3) is 2.63. The lowest BCUT2D eigenvalue weighted by Crippen LogP contribution is -2.21. The molecule has 1 aromatic heterocycles. The number of benzene rings is 3. The highest BCUT2D eigenvalue weighted by Gasteiger charge is 2.33. The number of halogens is 1. The van der Waals surface area contributed by atoms with Crippen LogP contribution in [0.3, 0.4) is 0 Å². The van der Waals surface area contributed by atoms with Gasteiger partial charge in [0.1, 0.15) is 22.5 Å². The van der Waals surface area contributed by atoms with E-state index in [2.05, 4.69) is 19.1 Å². The summed E-state index contributed by atoms with van der Waals surface area (Å²) < 4.78 is 5.93. The number of fused-ring (bicyclic) bond motifs is 4. The summed E-state index contributed by atoms with van der Waals surface area (Å²) in [6.45, 7) is 4.09. The Morgan fingerprint density at radius 3 is 2.60 bits per heavy atom. The van der Waals surface area contributed by atoms with E-state index in [9.17, 15) is 5.26 Å². The van der Waals surface area contributed by atoms with Crippen LogP contribution in [0.5, 0.6) is 5.75 Å². The molecule has 1 aliphatic heterocycles. The molecule has 5 heteroatoms. The van der Waals surface area contributed by atoms with Gasteiger partial charge in [-0.3, -0.25) is 0 Å². The van der Waals surface area contributed by atoms with E-state index in [-0.39, 0.29) is 5.88 Å². The normalized spacial score (nSPS) is 15.7. The molecule has 1 aliphatic rings. The average Bonchev–Trinajstić information content (AvgIpc) is 2.75. The summed E-state index contributed by atoms with van der Waals surface area (Å²) in [5, 5.41) is 13.2. The molecule has 0 saturated heterocycles. The molecule has 0 spiro atoms. The standard InChI is InChI=1S/C25H18ClN3O/c1-13-7-8-16-11-19(24(26)29-22(16)14(13)2)21-18-10-9-15-5-3-4-6-17(15)23(18)30-25(28)20(21)12-27/h3-11,21H,28H2,1-2H3/t21-/m0/s1. The molecule has 4 aromatic rings. The number of rotatable bonds is 1. The second-order valence-corrected chi connectivity index (χ2v) is 7.94. The number of nitriles is 1. The molecule has 5 rings (SSSR count). The van der Waals surface area contributed by atoms with Gasteiger partial charge in [0, 0.05) is 21.9 Å². The van der Waals surface area contributed by atoms with Crippen LogP contribution in [0, 0.1) is 25.2 Å². The van der Waals surface area contributed by atoms with Crippen LogP contribution in [0.2, 0.25) is 5.15 Å². The van der Waals surface area contributed by atoms with Gasteiger partial charge in [-0.25, -0.2) is 4.98 Å². The molecule has 0 fully saturated rings. The predicted octanol–water partition coefficient (Wildman–Crippen LogP) is 5.88. The molecule has 2 N–H and O–H groups in total. The smallest absolute Gasteiger partial charge is 0.205 e. The van der Waals surface area contributed by atoms with Crippen molar-refractivity contribution in [2.24, 2.45) is 5.73 Å². The molecule has 2 heterocycles. The van der Waals surface area contributed by atoms with Gasteiger partial charge in [-0.05, 0) is 36.4 Å². The Labute approximate surface area is 179 Å². The fourth-order valence-electron chi connectivity index (χ4n) is 4.19. The van der Waals surface area contributed by atoms with Gasteiger partial charge in [0.2, 0.25) is 5.88 Å². The summed E-state index contributed by atoms with van der Waals surface area (Å²) in [6.07, 6.45) is 0. The van der Waals surface area contributed by atoms with Crippen molar-refractivity contribution in [3.05, 3.63) is 93.5 Å². The molecule has 146 valence electrons. The molecule has 30 heavy (non-hydrogen) atoms. The topological polar surface area (TPSA) is 71.9 Å². The van der Waals surface area contributed by atoms with Crippen LogP contribution in [0.15, 0.2) is 66.1 Å². The zero-order chi connectivity index (χ0) is 21.0. The first-order chi connectivity index (χ1) is 14.5. The second-order valence-electron chi connectivity index (χ2n) is 7.58. The molecule has 1 atom stereocenters. The number of hydrogen-bond donors (Lipinski definition) is 1. The van der Waals surface area contributed by atoms with Crippen LogP contribution in [0.1, 0.15) is 28.2 Å². The van der Waals surface area contributed by atoms with Gasteiger partial charge >= 0.3 is 0 Å². The van der Waals surface area contributed by atoms with Crippen LogP contribution in [-0.2, 0) is 0 Å². The van der Waals surface area contributed by atoms with E-state index < -0.39 is 5.92 Å². The maximum Gasteiger partial charge on any atom is 0.205 e.